The summed E-state index contributed by atoms with van der Waals surface area (Å²) in [5.41, 5.74) is 4.15. The summed E-state index contributed by atoms with van der Waals surface area (Å²) in [6.45, 7) is 7.82. The number of rotatable bonds is 4. The summed E-state index contributed by atoms with van der Waals surface area (Å²) in [5.74, 6) is 1.31. The molecule has 3 nitrogen and oxygen atoms in total. The molecule has 0 atom stereocenters. The molecule has 0 saturated carbocycles. The van der Waals surface area contributed by atoms with Crippen LogP contribution in [0.2, 0.25) is 10.0 Å². The number of fused-ring (bicyclic) bond motifs is 1. The molecule has 4 rings (SSSR count). The lowest BCUT2D eigenvalue weighted by Gasteiger charge is -2.18. The molecule has 2 heterocycles. The van der Waals surface area contributed by atoms with E-state index < -0.39 is 0 Å². The first kappa shape index (κ1) is 20.2. The third kappa shape index (κ3) is 3.99. The molecule has 0 bridgehead atoms. The number of carbonyl (C=O) groups excluding carboxylic acids is 1. The largest absolute Gasteiger partial charge is 0.290 e. The van der Waals surface area contributed by atoms with Crippen LogP contribution >= 0.6 is 23.2 Å². The quantitative estimate of drug-likeness (QED) is 0.377. The smallest absolute Gasteiger partial charge is 0.257 e. The van der Waals surface area contributed by atoms with Gasteiger partial charge in [0.2, 0.25) is 5.78 Å². The molecule has 0 spiro atoms. The first-order valence-corrected chi connectivity index (χ1v) is 10.7. The lowest BCUT2D eigenvalue weighted by molar-refractivity contribution is -0.689. The van der Waals surface area contributed by atoms with Crippen LogP contribution in [0.4, 0.5) is 0 Å². The molecule has 1 aromatic heterocycles. The predicted molar refractivity (Wildman–Crippen MR) is 118 cm³/mol. The third-order valence-corrected chi connectivity index (χ3v) is 6.34. The van der Waals surface area contributed by atoms with E-state index in [9.17, 15) is 4.79 Å². The van der Waals surface area contributed by atoms with Gasteiger partial charge < -0.3 is 0 Å². The van der Waals surface area contributed by atoms with E-state index in [0.29, 0.717) is 16.6 Å². The van der Waals surface area contributed by atoms with Gasteiger partial charge in [-0.3, -0.25) is 4.79 Å². The highest BCUT2D eigenvalue weighted by Gasteiger charge is 2.30. The molecule has 0 saturated heterocycles. The van der Waals surface area contributed by atoms with Gasteiger partial charge in [-0.2, -0.15) is 0 Å². The minimum absolute atomic E-state index is 0.0776. The van der Waals surface area contributed by atoms with Crippen molar-refractivity contribution in [2.24, 2.45) is 0 Å². The monoisotopic (exact) mass is 427 g/mol. The van der Waals surface area contributed by atoms with Gasteiger partial charge in [-0.25, -0.2) is 9.13 Å². The number of ketones is 1. The molecule has 0 N–H and O–H groups in total. The molecule has 150 valence electrons. The van der Waals surface area contributed by atoms with Crippen molar-refractivity contribution in [1.29, 1.82) is 0 Å². The minimum Gasteiger partial charge on any atom is -0.290 e. The molecule has 0 fully saturated rings. The number of nitrogens with zero attached hydrogens (tertiary/aromatic N) is 2. The van der Waals surface area contributed by atoms with Gasteiger partial charge in [0, 0.05) is 11.1 Å². The second kappa shape index (κ2) is 7.62. The number of hydrogen-bond acceptors (Lipinski definition) is 1. The van der Waals surface area contributed by atoms with Crippen LogP contribution in [0.1, 0.15) is 48.9 Å². The van der Waals surface area contributed by atoms with Gasteiger partial charge in [-0.05, 0) is 35.6 Å². The summed E-state index contributed by atoms with van der Waals surface area (Å²) in [7, 11) is 0. The lowest BCUT2D eigenvalue weighted by Crippen LogP contribution is -2.40. The Balaban J connectivity index is 1.63. The summed E-state index contributed by atoms with van der Waals surface area (Å²) in [6, 6.07) is 13.7. The predicted octanol–water partition coefficient (Wildman–Crippen LogP) is 5.88. The van der Waals surface area contributed by atoms with E-state index in [0.717, 1.165) is 36.2 Å². The summed E-state index contributed by atoms with van der Waals surface area (Å²) in [4.78, 5) is 13.0. The summed E-state index contributed by atoms with van der Waals surface area (Å²) in [6.07, 6.45) is 4.12. The Kier molecular flexibility index (Phi) is 5.30. The molecule has 0 amide bonds. The van der Waals surface area contributed by atoms with Gasteiger partial charge in [-0.15, -0.1) is 0 Å². The number of hydrogen-bond donors (Lipinski definition) is 0. The van der Waals surface area contributed by atoms with E-state index in [-0.39, 0.29) is 11.2 Å². The van der Waals surface area contributed by atoms with Crippen molar-refractivity contribution >= 4 is 29.0 Å². The Bertz CT molecular complexity index is 1080. The third-order valence-electron chi connectivity index (χ3n) is 5.60. The highest BCUT2D eigenvalue weighted by molar-refractivity contribution is 6.42. The second-order valence-electron chi connectivity index (χ2n) is 8.69. The average molecular weight is 428 g/mol. The van der Waals surface area contributed by atoms with E-state index in [2.05, 4.69) is 48.2 Å². The summed E-state index contributed by atoms with van der Waals surface area (Å²) >= 11 is 12.3. The van der Waals surface area contributed by atoms with Crippen LogP contribution in [-0.4, -0.2) is 10.4 Å². The van der Waals surface area contributed by atoms with Crippen LogP contribution in [0, 0.1) is 0 Å². The van der Waals surface area contributed by atoms with E-state index in [1.807, 2.05) is 30.3 Å². The van der Waals surface area contributed by atoms with Crippen molar-refractivity contribution in [1.82, 2.24) is 4.57 Å². The minimum atomic E-state index is 0.0776. The SMILES string of the molecule is CC(C)(C)c1ccc(C(=O)C[n+]2cc(-c3ccc(Cl)c(Cl)c3)n3c2CCC3)cc1. The van der Waals surface area contributed by atoms with Crippen molar-refractivity contribution in [3.63, 3.8) is 0 Å². The van der Waals surface area contributed by atoms with Crippen LogP contribution in [0.25, 0.3) is 11.3 Å². The van der Waals surface area contributed by atoms with Crippen molar-refractivity contribution in [2.75, 3.05) is 0 Å². The fourth-order valence-electron chi connectivity index (χ4n) is 3.93. The zero-order valence-electron chi connectivity index (χ0n) is 17.0. The molecule has 3 aromatic rings. The topological polar surface area (TPSA) is 25.9 Å². The first-order valence-electron chi connectivity index (χ1n) is 9.95. The fraction of sp³-hybridized carbons (Fsp3) is 0.333. The Morgan fingerprint density at radius 3 is 2.45 bits per heavy atom. The molecule has 29 heavy (non-hydrogen) atoms. The molecular weight excluding hydrogens is 403 g/mol. The van der Waals surface area contributed by atoms with Crippen molar-refractivity contribution in [2.45, 2.75) is 52.1 Å². The number of benzene rings is 2. The van der Waals surface area contributed by atoms with E-state index in [4.69, 9.17) is 23.2 Å². The Labute approximate surface area is 181 Å². The Morgan fingerprint density at radius 1 is 1.07 bits per heavy atom. The average Bonchev–Trinajstić information content (AvgIpc) is 3.27. The van der Waals surface area contributed by atoms with Crippen molar-refractivity contribution in [3.8, 4) is 11.3 Å². The molecule has 0 aliphatic carbocycles. The number of carbonyl (C=O) groups is 1. The molecule has 1 aliphatic rings. The summed E-state index contributed by atoms with van der Waals surface area (Å²) < 4.78 is 4.38. The second-order valence-corrected chi connectivity index (χ2v) is 9.51. The normalized spacial score (nSPS) is 13.6. The zero-order valence-corrected chi connectivity index (χ0v) is 18.5. The maximum Gasteiger partial charge on any atom is 0.257 e. The highest BCUT2D eigenvalue weighted by atomic mass is 35.5. The maximum atomic E-state index is 13.0. The number of aromatic nitrogens is 2. The van der Waals surface area contributed by atoms with Gasteiger partial charge in [0.15, 0.2) is 12.2 Å². The maximum absolute atomic E-state index is 13.0. The van der Waals surface area contributed by atoms with Gasteiger partial charge in [0.25, 0.3) is 5.82 Å². The van der Waals surface area contributed by atoms with Crippen LogP contribution in [-0.2, 0) is 24.9 Å². The van der Waals surface area contributed by atoms with Crippen LogP contribution < -0.4 is 4.57 Å². The molecule has 0 unspecified atom stereocenters. The van der Waals surface area contributed by atoms with E-state index >= 15 is 0 Å². The Morgan fingerprint density at radius 2 is 1.79 bits per heavy atom. The molecule has 0 radical (unpaired) electrons. The van der Waals surface area contributed by atoms with E-state index in [1.54, 1.807) is 0 Å². The van der Waals surface area contributed by atoms with Crippen LogP contribution in [0.15, 0.2) is 48.7 Å². The fourth-order valence-corrected chi connectivity index (χ4v) is 4.23. The van der Waals surface area contributed by atoms with Gasteiger partial charge in [-0.1, -0.05) is 68.2 Å². The van der Waals surface area contributed by atoms with Gasteiger partial charge >= 0.3 is 0 Å². The van der Waals surface area contributed by atoms with Crippen molar-refractivity contribution < 1.29 is 9.36 Å². The number of halogens is 2. The zero-order chi connectivity index (χ0) is 20.8. The molecule has 5 heteroatoms. The van der Waals surface area contributed by atoms with Gasteiger partial charge in [0.1, 0.15) is 6.20 Å². The van der Waals surface area contributed by atoms with Gasteiger partial charge in [0.05, 0.1) is 23.0 Å². The van der Waals surface area contributed by atoms with Crippen LogP contribution in [0.3, 0.4) is 0 Å². The number of Topliss-reactive ketones (excluding diaryl/α,β-unsaturated/α-hetero) is 1. The molecular formula is C24H25Cl2N2O+. The van der Waals surface area contributed by atoms with E-state index in [1.165, 1.54) is 11.4 Å². The number of imidazole rings is 1. The lowest BCUT2D eigenvalue weighted by atomic mass is 9.86. The first-order chi connectivity index (χ1) is 13.7. The highest BCUT2D eigenvalue weighted by Crippen LogP contribution is 2.30. The van der Waals surface area contributed by atoms with Crippen LogP contribution in [0.5, 0.6) is 0 Å². The Hall–Kier alpha value is -2.10. The standard InChI is InChI=1S/C24H25Cl2N2O/c1-24(2,3)18-9-6-16(7-10-18)22(29)15-27-14-21(28-12-4-5-23(27)28)17-8-11-19(25)20(26)13-17/h6-11,13-14H,4-5,12,15H2,1-3H3/q+1. The molecule has 1 aliphatic heterocycles. The van der Waals surface area contributed by atoms with Crippen molar-refractivity contribution in [3.05, 3.63) is 75.7 Å². The summed E-state index contributed by atoms with van der Waals surface area (Å²) in [5, 5.41) is 1.09. The molecule has 2 aromatic carbocycles.